The number of benzene rings is 1. The summed E-state index contributed by atoms with van der Waals surface area (Å²) in [5.41, 5.74) is 0.432. The van der Waals surface area contributed by atoms with E-state index in [1.165, 1.54) is 6.08 Å². The summed E-state index contributed by atoms with van der Waals surface area (Å²) < 4.78 is 71.4. The van der Waals surface area contributed by atoms with Crippen LogP contribution in [0.2, 0.25) is 0 Å². The Balaban J connectivity index is 2.40. The Morgan fingerprint density at radius 2 is 1.50 bits per heavy atom. The monoisotopic (exact) mass is 343 g/mol. The lowest BCUT2D eigenvalue weighted by Gasteiger charge is -2.17. The van der Waals surface area contributed by atoms with Crippen molar-refractivity contribution in [1.82, 2.24) is 0 Å². The molecule has 0 radical (unpaired) electrons. The van der Waals surface area contributed by atoms with Gasteiger partial charge >= 0.3 is 20.4 Å². The third-order valence-corrected chi connectivity index (χ3v) is 5.23. The molecule has 2 aliphatic carbocycles. The number of fused-ring (bicyclic) bond motifs is 3. The predicted octanol–water partition coefficient (Wildman–Crippen LogP) is 2.31. The molecule has 1 aromatic rings. The number of allylic oxidation sites excluding steroid dienone is 4. The van der Waals surface area contributed by atoms with Crippen molar-refractivity contribution < 1.29 is 24.6 Å². The molecule has 5 nitrogen and oxygen atoms in total. The fourth-order valence-electron chi connectivity index (χ4n) is 2.47. The van der Waals surface area contributed by atoms with Gasteiger partial charge < -0.3 is 0 Å². The minimum atomic E-state index is -5.58. The molecule has 1 aromatic carbocycles. The molecule has 0 aromatic heterocycles. The molecule has 22 heavy (non-hydrogen) atoms. The molecule has 2 aliphatic rings. The van der Waals surface area contributed by atoms with Crippen molar-refractivity contribution in [2.75, 3.05) is 0 Å². The van der Waals surface area contributed by atoms with Gasteiger partial charge in [0.15, 0.2) is 0 Å². The van der Waals surface area contributed by atoms with Crippen LogP contribution in [-0.2, 0) is 20.4 Å². The average Bonchev–Trinajstić information content (AvgIpc) is 2.75. The Bertz CT molecular complexity index is 1030. The highest BCUT2D eigenvalue weighted by atomic mass is 32.3. The molecule has 3 rings (SSSR count). The minimum absolute atomic E-state index is 0.0322. The molecule has 0 amide bonds. The van der Waals surface area contributed by atoms with E-state index >= 15 is 0 Å². The van der Waals surface area contributed by atoms with Gasteiger partial charge in [0.25, 0.3) is 0 Å². The lowest BCUT2D eigenvalue weighted by molar-refractivity contribution is 0.554. The molecule has 0 saturated heterocycles. The summed E-state index contributed by atoms with van der Waals surface area (Å²) >= 11 is 0. The number of halogens is 2. The Hall–Kier alpha value is -2.13. The number of nitrogens with one attached hydrogen (secondary N) is 1. The van der Waals surface area contributed by atoms with Crippen LogP contribution < -0.4 is 0 Å². The molecule has 0 heterocycles. The summed E-state index contributed by atoms with van der Waals surface area (Å²) in [6, 6.07) is 6.59. The molecule has 0 fully saturated rings. The molecule has 1 N–H and O–H groups in total. The van der Waals surface area contributed by atoms with Gasteiger partial charge in [-0.15, -0.1) is 7.77 Å². The highest BCUT2D eigenvalue weighted by molar-refractivity contribution is 7.95. The average molecular weight is 343 g/mol. The van der Waals surface area contributed by atoms with Gasteiger partial charge in [-0.3, -0.25) is 5.41 Å². The van der Waals surface area contributed by atoms with Crippen LogP contribution in [0.4, 0.5) is 7.77 Å². The van der Waals surface area contributed by atoms with Crippen LogP contribution in [0.3, 0.4) is 0 Å². The fourth-order valence-corrected chi connectivity index (χ4v) is 4.31. The van der Waals surface area contributed by atoms with E-state index in [0.29, 0.717) is 11.1 Å². The van der Waals surface area contributed by atoms with Crippen LogP contribution in [0, 0.1) is 5.41 Å². The second kappa shape index (κ2) is 4.43. The maximum Gasteiger partial charge on any atom is 0.335 e. The first-order valence-electron chi connectivity index (χ1n) is 5.87. The smallest absolute Gasteiger partial charge is 0.299 e. The van der Waals surface area contributed by atoms with E-state index < -0.39 is 36.0 Å². The lowest BCUT2D eigenvalue weighted by atomic mass is 9.95. The van der Waals surface area contributed by atoms with Crippen molar-refractivity contribution in [2.45, 2.75) is 0 Å². The van der Waals surface area contributed by atoms with Crippen LogP contribution in [-0.4, -0.2) is 22.5 Å². The molecular formula is C13H7F2NO4S2. The van der Waals surface area contributed by atoms with Crippen molar-refractivity contribution in [3.8, 4) is 0 Å². The van der Waals surface area contributed by atoms with Gasteiger partial charge in [-0.25, -0.2) is 0 Å². The number of rotatable bonds is 2. The van der Waals surface area contributed by atoms with Crippen LogP contribution >= 0.6 is 0 Å². The van der Waals surface area contributed by atoms with E-state index in [1.54, 1.807) is 24.3 Å². The van der Waals surface area contributed by atoms with E-state index in [1.807, 2.05) is 0 Å². The van der Waals surface area contributed by atoms with Crippen LogP contribution in [0.15, 0.2) is 45.7 Å². The van der Waals surface area contributed by atoms with Crippen molar-refractivity contribution in [2.24, 2.45) is 0 Å². The van der Waals surface area contributed by atoms with Crippen molar-refractivity contribution >= 4 is 37.8 Å². The van der Waals surface area contributed by atoms with Crippen molar-refractivity contribution in [3.63, 3.8) is 0 Å². The van der Waals surface area contributed by atoms with Gasteiger partial charge in [-0.1, -0.05) is 24.3 Å². The second-order valence-electron chi connectivity index (χ2n) is 4.65. The SMILES string of the molecule is N=C1C2=Cc3ccccc3C2=CC(S(=O)(=O)F)=C1S(=O)(=O)F. The van der Waals surface area contributed by atoms with E-state index in [-0.39, 0.29) is 11.1 Å². The molecule has 0 atom stereocenters. The normalized spacial score (nSPS) is 17.8. The van der Waals surface area contributed by atoms with Gasteiger partial charge in [0.05, 0.1) is 5.71 Å². The standard InChI is InChI=1S/C13H7F2NO4S2/c14-21(17,18)11-6-9-8-4-2-1-3-7(8)5-10(9)12(16)13(11)22(15,19)20/h1-6,16H. The highest BCUT2D eigenvalue weighted by Gasteiger charge is 2.39. The first-order valence-corrected chi connectivity index (χ1v) is 8.63. The molecule has 9 heteroatoms. The quantitative estimate of drug-likeness (QED) is 0.834. The van der Waals surface area contributed by atoms with E-state index in [2.05, 4.69) is 0 Å². The summed E-state index contributed by atoms with van der Waals surface area (Å²) in [5, 5.41) is 7.80. The Kier molecular flexibility index (Phi) is 2.98. The summed E-state index contributed by atoms with van der Waals surface area (Å²) in [6.07, 6.45) is 2.17. The number of hydrogen-bond donors (Lipinski definition) is 1. The zero-order valence-corrected chi connectivity index (χ0v) is 12.3. The third-order valence-electron chi connectivity index (χ3n) is 3.34. The second-order valence-corrected chi connectivity index (χ2v) is 7.25. The van der Waals surface area contributed by atoms with Gasteiger partial charge in [-0.2, -0.15) is 16.8 Å². The summed E-state index contributed by atoms with van der Waals surface area (Å²) in [7, 11) is -11.1. The van der Waals surface area contributed by atoms with Gasteiger partial charge in [0.2, 0.25) is 0 Å². The zero-order valence-electron chi connectivity index (χ0n) is 10.7. The first-order chi connectivity index (χ1) is 10.1. The summed E-state index contributed by atoms with van der Waals surface area (Å²) in [4.78, 5) is -2.83. The van der Waals surface area contributed by atoms with Gasteiger partial charge in [-0.05, 0) is 28.9 Å². The van der Waals surface area contributed by atoms with Gasteiger partial charge in [0.1, 0.15) is 9.81 Å². The maximum atomic E-state index is 13.4. The number of hydrogen-bond acceptors (Lipinski definition) is 5. The van der Waals surface area contributed by atoms with Gasteiger partial charge in [0, 0.05) is 5.57 Å². The summed E-state index contributed by atoms with van der Waals surface area (Å²) in [6.45, 7) is 0. The van der Waals surface area contributed by atoms with Crippen LogP contribution in [0.5, 0.6) is 0 Å². The molecule has 0 unspecified atom stereocenters. The summed E-state index contributed by atoms with van der Waals surface area (Å²) in [5.74, 6) is 0. The molecule has 114 valence electrons. The third kappa shape index (κ3) is 2.13. The van der Waals surface area contributed by atoms with Crippen LogP contribution in [0.25, 0.3) is 11.6 Å². The molecular weight excluding hydrogens is 336 g/mol. The predicted molar refractivity (Wildman–Crippen MR) is 77.2 cm³/mol. The topological polar surface area (TPSA) is 92.1 Å². The zero-order chi connectivity index (χ0) is 16.3. The lowest BCUT2D eigenvalue weighted by Crippen LogP contribution is -2.19. The minimum Gasteiger partial charge on any atom is -0.299 e. The molecule has 0 spiro atoms. The maximum absolute atomic E-state index is 13.4. The first kappa shape index (κ1) is 14.8. The van der Waals surface area contributed by atoms with E-state index in [0.717, 1.165) is 6.08 Å². The van der Waals surface area contributed by atoms with Crippen molar-refractivity contribution in [3.05, 3.63) is 56.9 Å². The van der Waals surface area contributed by atoms with Crippen LogP contribution in [0.1, 0.15) is 11.1 Å². The largest absolute Gasteiger partial charge is 0.335 e. The fraction of sp³-hybridized carbons (Fsp3) is 0. The Morgan fingerprint density at radius 3 is 2.09 bits per heavy atom. The molecule has 0 saturated carbocycles. The molecule has 0 aliphatic heterocycles. The van der Waals surface area contributed by atoms with E-state index in [9.17, 15) is 24.6 Å². The Morgan fingerprint density at radius 1 is 0.864 bits per heavy atom. The highest BCUT2D eigenvalue weighted by Crippen LogP contribution is 2.43. The molecule has 0 bridgehead atoms. The van der Waals surface area contributed by atoms with Crippen molar-refractivity contribution in [1.29, 1.82) is 5.41 Å². The van der Waals surface area contributed by atoms with E-state index in [4.69, 9.17) is 5.41 Å². The Labute approximate surface area is 125 Å².